The topological polar surface area (TPSA) is 83.8 Å². The van der Waals surface area contributed by atoms with Crippen molar-refractivity contribution in [3.63, 3.8) is 0 Å². The third kappa shape index (κ3) is 5.73. The van der Waals surface area contributed by atoms with Crippen LogP contribution in [0, 0.1) is 5.92 Å². The molecule has 20 heavy (non-hydrogen) atoms. The van der Waals surface area contributed by atoms with E-state index in [1.165, 1.54) is 12.1 Å². The SMILES string of the molecule is CC(C)(C)OC(=O)CC(Cc1ccc(O)cc1)C(=O)O. The maximum atomic E-state index is 11.7. The van der Waals surface area contributed by atoms with Crippen LogP contribution in [-0.4, -0.2) is 27.8 Å². The molecule has 0 aliphatic carbocycles. The van der Waals surface area contributed by atoms with E-state index >= 15 is 0 Å². The standard InChI is InChI=1S/C15H20O5/c1-15(2,3)20-13(17)9-11(14(18)19)8-10-4-6-12(16)7-5-10/h4-7,11,16H,8-9H2,1-3H3,(H,18,19). The highest BCUT2D eigenvalue weighted by Crippen LogP contribution is 2.18. The Bertz CT molecular complexity index is 470. The van der Waals surface area contributed by atoms with Crippen molar-refractivity contribution in [2.75, 3.05) is 0 Å². The van der Waals surface area contributed by atoms with E-state index < -0.39 is 23.5 Å². The van der Waals surface area contributed by atoms with Crippen molar-refractivity contribution in [3.8, 4) is 5.75 Å². The Morgan fingerprint density at radius 1 is 1.20 bits per heavy atom. The van der Waals surface area contributed by atoms with Crippen LogP contribution in [0.4, 0.5) is 0 Å². The number of carbonyl (C=O) groups is 2. The van der Waals surface area contributed by atoms with Gasteiger partial charge in [-0.05, 0) is 44.9 Å². The summed E-state index contributed by atoms with van der Waals surface area (Å²) < 4.78 is 5.13. The van der Waals surface area contributed by atoms with Crippen molar-refractivity contribution in [1.29, 1.82) is 0 Å². The van der Waals surface area contributed by atoms with Gasteiger partial charge in [0.1, 0.15) is 11.4 Å². The average molecular weight is 280 g/mol. The van der Waals surface area contributed by atoms with Gasteiger partial charge in [0.15, 0.2) is 0 Å². The lowest BCUT2D eigenvalue weighted by Crippen LogP contribution is -2.28. The van der Waals surface area contributed by atoms with Crippen LogP contribution in [-0.2, 0) is 20.7 Å². The second-order valence-corrected chi connectivity index (χ2v) is 5.70. The van der Waals surface area contributed by atoms with E-state index in [1.807, 2.05) is 0 Å². The van der Waals surface area contributed by atoms with Crippen molar-refractivity contribution < 1.29 is 24.5 Å². The lowest BCUT2D eigenvalue weighted by Gasteiger charge is -2.21. The summed E-state index contributed by atoms with van der Waals surface area (Å²) in [5, 5.41) is 18.4. The Morgan fingerprint density at radius 3 is 2.20 bits per heavy atom. The Hall–Kier alpha value is -2.04. The van der Waals surface area contributed by atoms with Crippen LogP contribution < -0.4 is 0 Å². The maximum Gasteiger partial charge on any atom is 0.307 e. The molecular weight excluding hydrogens is 260 g/mol. The zero-order chi connectivity index (χ0) is 15.3. The number of hydrogen-bond acceptors (Lipinski definition) is 4. The summed E-state index contributed by atoms with van der Waals surface area (Å²) in [6.07, 6.45) is 0.0440. The lowest BCUT2D eigenvalue weighted by atomic mass is 9.96. The highest BCUT2D eigenvalue weighted by atomic mass is 16.6. The Labute approximate surface area is 118 Å². The fourth-order valence-corrected chi connectivity index (χ4v) is 1.75. The van der Waals surface area contributed by atoms with Crippen LogP contribution in [0.5, 0.6) is 5.75 Å². The third-order valence-electron chi connectivity index (χ3n) is 2.60. The van der Waals surface area contributed by atoms with Gasteiger partial charge in [0.25, 0.3) is 0 Å². The zero-order valence-corrected chi connectivity index (χ0v) is 11.9. The van der Waals surface area contributed by atoms with E-state index in [-0.39, 0.29) is 18.6 Å². The number of aromatic hydroxyl groups is 1. The van der Waals surface area contributed by atoms with Crippen LogP contribution in [0.25, 0.3) is 0 Å². The molecule has 1 atom stereocenters. The third-order valence-corrected chi connectivity index (χ3v) is 2.60. The molecule has 0 saturated carbocycles. The van der Waals surface area contributed by atoms with E-state index in [2.05, 4.69) is 0 Å². The zero-order valence-electron chi connectivity index (χ0n) is 11.9. The molecule has 0 radical (unpaired) electrons. The Balaban J connectivity index is 2.68. The smallest absolute Gasteiger partial charge is 0.307 e. The van der Waals surface area contributed by atoms with E-state index in [0.29, 0.717) is 0 Å². The number of rotatable bonds is 5. The summed E-state index contributed by atoms with van der Waals surface area (Å²) in [5.41, 5.74) is 0.123. The van der Waals surface area contributed by atoms with Gasteiger partial charge in [-0.25, -0.2) is 0 Å². The van der Waals surface area contributed by atoms with Crippen LogP contribution >= 0.6 is 0 Å². The number of carbonyl (C=O) groups excluding carboxylic acids is 1. The predicted octanol–water partition coefficient (Wildman–Crippen LogP) is 2.37. The van der Waals surface area contributed by atoms with Crippen LogP contribution in [0.3, 0.4) is 0 Å². The molecule has 5 nitrogen and oxygen atoms in total. The fraction of sp³-hybridized carbons (Fsp3) is 0.467. The largest absolute Gasteiger partial charge is 0.508 e. The van der Waals surface area contributed by atoms with Gasteiger partial charge in [-0.1, -0.05) is 12.1 Å². The van der Waals surface area contributed by atoms with Crippen molar-refractivity contribution in [1.82, 2.24) is 0 Å². The van der Waals surface area contributed by atoms with Gasteiger partial charge >= 0.3 is 11.9 Å². The van der Waals surface area contributed by atoms with Crippen molar-refractivity contribution in [2.24, 2.45) is 5.92 Å². The molecule has 2 N–H and O–H groups in total. The molecule has 0 heterocycles. The molecule has 0 bridgehead atoms. The van der Waals surface area contributed by atoms with Gasteiger partial charge in [-0.15, -0.1) is 0 Å². The number of carboxylic acids is 1. The molecule has 0 aromatic heterocycles. The molecule has 0 spiro atoms. The van der Waals surface area contributed by atoms with Gasteiger partial charge in [0.2, 0.25) is 0 Å². The molecule has 1 rings (SSSR count). The first kappa shape index (κ1) is 16.0. The van der Waals surface area contributed by atoms with E-state index in [4.69, 9.17) is 4.74 Å². The maximum absolute atomic E-state index is 11.7. The molecule has 0 aliphatic rings. The summed E-state index contributed by atoms with van der Waals surface area (Å²) in [5.74, 6) is -2.28. The highest BCUT2D eigenvalue weighted by molar-refractivity contribution is 5.79. The molecule has 110 valence electrons. The average Bonchev–Trinajstić information content (AvgIpc) is 2.28. The Kier molecular flexibility index (Phi) is 5.13. The molecule has 1 unspecified atom stereocenters. The summed E-state index contributed by atoms with van der Waals surface area (Å²) in [6.45, 7) is 5.21. The fourth-order valence-electron chi connectivity index (χ4n) is 1.75. The normalized spacial score (nSPS) is 12.8. The number of benzene rings is 1. The van der Waals surface area contributed by atoms with Gasteiger partial charge in [-0.3, -0.25) is 9.59 Å². The second kappa shape index (κ2) is 6.41. The number of hydrogen-bond donors (Lipinski definition) is 2. The number of ether oxygens (including phenoxy) is 1. The molecule has 0 amide bonds. The van der Waals surface area contributed by atoms with Gasteiger partial charge < -0.3 is 14.9 Å². The highest BCUT2D eigenvalue weighted by Gasteiger charge is 2.25. The molecule has 0 saturated heterocycles. The number of esters is 1. The minimum atomic E-state index is -1.04. The van der Waals surface area contributed by atoms with Crippen LogP contribution in [0.2, 0.25) is 0 Å². The first-order chi connectivity index (χ1) is 9.17. The van der Waals surface area contributed by atoms with E-state index in [1.54, 1.807) is 32.9 Å². The second-order valence-electron chi connectivity index (χ2n) is 5.70. The first-order valence-corrected chi connectivity index (χ1v) is 6.40. The number of phenolic OH excluding ortho intramolecular Hbond substituents is 1. The first-order valence-electron chi connectivity index (χ1n) is 6.40. The van der Waals surface area contributed by atoms with Gasteiger partial charge in [0, 0.05) is 0 Å². The van der Waals surface area contributed by atoms with Gasteiger partial charge in [0.05, 0.1) is 12.3 Å². The number of aliphatic carboxylic acids is 1. The quantitative estimate of drug-likeness (QED) is 0.809. The van der Waals surface area contributed by atoms with Gasteiger partial charge in [-0.2, -0.15) is 0 Å². The summed E-state index contributed by atoms with van der Waals surface area (Å²) >= 11 is 0. The predicted molar refractivity (Wildman–Crippen MR) is 73.4 cm³/mol. The molecular formula is C15H20O5. The van der Waals surface area contributed by atoms with E-state index in [0.717, 1.165) is 5.56 Å². The summed E-state index contributed by atoms with van der Waals surface area (Å²) in [6, 6.07) is 6.25. The van der Waals surface area contributed by atoms with Crippen LogP contribution in [0.15, 0.2) is 24.3 Å². The lowest BCUT2D eigenvalue weighted by molar-refractivity contribution is -0.159. The molecule has 0 fully saturated rings. The number of carboxylic acid groups (broad SMARTS) is 1. The monoisotopic (exact) mass is 280 g/mol. The summed E-state index contributed by atoms with van der Waals surface area (Å²) in [4.78, 5) is 22.9. The molecule has 1 aromatic carbocycles. The minimum Gasteiger partial charge on any atom is -0.508 e. The van der Waals surface area contributed by atoms with Crippen molar-refractivity contribution in [3.05, 3.63) is 29.8 Å². The minimum absolute atomic E-state index is 0.118. The molecule has 0 aliphatic heterocycles. The van der Waals surface area contributed by atoms with Crippen molar-refractivity contribution >= 4 is 11.9 Å². The van der Waals surface area contributed by atoms with Crippen LogP contribution in [0.1, 0.15) is 32.8 Å². The van der Waals surface area contributed by atoms with E-state index in [9.17, 15) is 19.8 Å². The molecule has 1 aromatic rings. The Morgan fingerprint density at radius 2 is 1.75 bits per heavy atom. The van der Waals surface area contributed by atoms with Crippen molar-refractivity contribution in [2.45, 2.75) is 39.2 Å². The summed E-state index contributed by atoms with van der Waals surface area (Å²) in [7, 11) is 0. The molecule has 5 heteroatoms. The number of phenols is 1.